The molecule has 102 valence electrons. The largest absolute Gasteiger partial charge is 1.00 e. The number of aliphatic hydroxyl groups excluding tert-OH is 1. The Labute approximate surface area is 114 Å². The molecule has 0 bridgehead atoms. The minimum atomic E-state index is -0.461. The number of rotatable bonds is 5. The maximum Gasteiger partial charge on any atom is 0.207 e. The van der Waals surface area contributed by atoms with Crippen molar-refractivity contribution in [1.29, 1.82) is 0 Å². The maximum atomic E-state index is 10.2. The topological polar surface area (TPSA) is 55.3 Å². The molecule has 1 heterocycles. The zero-order valence-corrected chi connectivity index (χ0v) is 11.2. The average molecular weight is 274 g/mol. The second-order valence-corrected chi connectivity index (χ2v) is 4.36. The van der Waals surface area contributed by atoms with Crippen LogP contribution in [0.1, 0.15) is 18.6 Å². The maximum absolute atomic E-state index is 10.2. The van der Waals surface area contributed by atoms with Crippen LogP contribution in [-0.2, 0) is 9.47 Å². The lowest BCUT2D eigenvalue weighted by Crippen LogP contribution is -3.00. The van der Waals surface area contributed by atoms with Gasteiger partial charge in [-0.3, -0.25) is 0 Å². The summed E-state index contributed by atoms with van der Waals surface area (Å²) in [5.74, 6) is 0. The number of halogens is 1. The molecule has 0 saturated carbocycles. The van der Waals surface area contributed by atoms with Crippen molar-refractivity contribution >= 4 is 0 Å². The molecular weight excluding hydrogens is 254 g/mol. The SMILES string of the molecule is CC([NH2+]CC1OCCO1)C(O)c1ccccc1.[Cl-]. The third-order valence-electron chi connectivity index (χ3n) is 3.03. The van der Waals surface area contributed by atoms with Crippen molar-refractivity contribution < 1.29 is 32.3 Å². The average Bonchev–Trinajstić information content (AvgIpc) is 2.89. The van der Waals surface area contributed by atoms with Crippen LogP contribution in [0.4, 0.5) is 0 Å². The van der Waals surface area contributed by atoms with Crippen LogP contribution in [-0.4, -0.2) is 37.2 Å². The van der Waals surface area contributed by atoms with Gasteiger partial charge < -0.3 is 32.3 Å². The van der Waals surface area contributed by atoms with E-state index in [0.717, 1.165) is 12.1 Å². The minimum absolute atomic E-state index is 0. The van der Waals surface area contributed by atoms with Gasteiger partial charge in [0.25, 0.3) is 0 Å². The van der Waals surface area contributed by atoms with Crippen LogP contribution in [0.5, 0.6) is 0 Å². The lowest BCUT2D eigenvalue weighted by molar-refractivity contribution is -0.704. The van der Waals surface area contributed by atoms with Crippen LogP contribution < -0.4 is 17.7 Å². The van der Waals surface area contributed by atoms with Gasteiger partial charge in [0.05, 0.1) is 13.2 Å². The van der Waals surface area contributed by atoms with E-state index in [4.69, 9.17) is 9.47 Å². The number of quaternary nitrogens is 1. The van der Waals surface area contributed by atoms with Gasteiger partial charge in [0.15, 0.2) is 0 Å². The highest BCUT2D eigenvalue weighted by atomic mass is 35.5. The molecule has 18 heavy (non-hydrogen) atoms. The molecule has 0 aromatic heterocycles. The lowest BCUT2D eigenvalue weighted by atomic mass is 10.0. The zero-order chi connectivity index (χ0) is 12.1. The Hall–Kier alpha value is -0.650. The number of aliphatic hydroxyl groups is 1. The highest BCUT2D eigenvalue weighted by Gasteiger charge is 2.23. The van der Waals surface area contributed by atoms with Crippen molar-refractivity contribution in [1.82, 2.24) is 0 Å². The Bertz CT molecular complexity index is 330. The summed E-state index contributed by atoms with van der Waals surface area (Å²) in [5, 5.41) is 12.2. The Kier molecular flexibility index (Phi) is 6.60. The predicted octanol–water partition coefficient (Wildman–Crippen LogP) is -2.95. The van der Waals surface area contributed by atoms with Crippen molar-refractivity contribution in [2.24, 2.45) is 0 Å². The van der Waals surface area contributed by atoms with E-state index in [2.05, 4.69) is 5.32 Å². The molecule has 2 atom stereocenters. The lowest BCUT2D eigenvalue weighted by Gasteiger charge is -2.19. The van der Waals surface area contributed by atoms with E-state index in [1.54, 1.807) is 0 Å². The molecule has 0 spiro atoms. The number of ether oxygens (including phenoxy) is 2. The second kappa shape index (κ2) is 7.71. The molecule has 2 rings (SSSR count). The van der Waals surface area contributed by atoms with E-state index in [-0.39, 0.29) is 24.7 Å². The molecule has 5 heteroatoms. The van der Waals surface area contributed by atoms with Gasteiger partial charge in [-0.05, 0) is 12.5 Å². The molecule has 0 radical (unpaired) electrons. The highest BCUT2D eigenvalue weighted by Crippen LogP contribution is 2.13. The van der Waals surface area contributed by atoms with Crippen LogP contribution in [0, 0.1) is 0 Å². The fourth-order valence-electron chi connectivity index (χ4n) is 1.95. The normalized spacial score (nSPS) is 19.2. The number of nitrogens with two attached hydrogens (primary N) is 1. The smallest absolute Gasteiger partial charge is 0.207 e. The quantitative estimate of drug-likeness (QED) is 0.603. The number of hydrogen-bond donors (Lipinski definition) is 2. The summed E-state index contributed by atoms with van der Waals surface area (Å²) in [6.07, 6.45) is -0.585. The molecule has 1 aliphatic rings. The Morgan fingerprint density at radius 3 is 2.50 bits per heavy atom. The van der Waals surface area contributed by atoms with Crippen LogP contribution in [0.3, 0.4) is 0 Å². The molecule has 1 aliphatic heterocycles. The first-order chi connectivity index (χ1) is 8.27. The molecule has 4 nitrogen and oxygen atoms in total. The van der Waals surface area contributed by atoms with Crippen molar-refractivity contribution in [2.75, 3.05) is 19.8 Å². The predicted molar refractivity (Wildman–Crippen MR) is 63.3 cm³/mol. The summed E-state index contributed by atoms with van der Waals surface area (Å²) in [5.41, 5.74) is 0.949. The molecule has 1 fully saturated rings. The van der Waals surface area contributed by atoms with Gasteiger partial charge in [-0.2, -0.15) is 0 Å². The van der Waals surface area contributed by atoms with Crippen LogP contribution in [0.15, 0.2) is 30.3 Å². The summed E-state index contributed by atoms with van der Waals surface area (Å²) < 4.78 is 10.7. The summed E-state index contributed by atoms with van der Waals surface area (Å²) in [6, 6.07) is 9.80. The standard InChI is InChI=1S/C13H19NO3.ClH/c1-10(14-9-12-16-7-8-17-12)13(15)11-5-3-2-4-6-11;/h2-6,10,12-15H,7-9H2,1H3;1H. The van der Waals surface area contributed by atoms with E-state index in [0.29, 0.717) is 13.2 Å². The molecule has 2 unspecified atom stereocenters. The van der Waals surface area contributed by atoms with Crippen LogP contribution >= 0.6 is 0 Å². The highest BCUT2D eigenvalue weighted by molar-refractivity contribution is 5.17. The van der Waals surface area contributed by atoms with Gasteiger partial charge >= 0.3 is 0 Å². The molecule has 0 aliphatic carbocycles. The van der Waals surface area contributed by atoms with E-state index < -0.39 is 6.10 Å². The fraction of sp³-hybridized carbons (Fsp3) is 0.538. The number of benzene rings is 1. The van der Waals surface area contributed by atoms with Crippen LogP contribution in [0.25, 0.3) is 0 Å². The molecule has 1 aromatic carbocycles. The zero-order valence-electron chi connectivity index (χ0n) is 10.5. The molecular formula is C13H20ClNO3. The first-order valence-corrected chi connectivity index (χ1v) is 6.07. The Morgan fingerprint density at radius 1 is 1.28 bits per heavy atom. The summed E-state index contributed by atoms with van der Waals surface area (Å²) >= 11 is 0. The van der Waals surface area contributed by atoms with Gasteiger partial charge in [-0.1, -0.05) is 30.3 Å². The van der Waals surface area contributed by atoms with Gasteiger partial charge in [0.2, 0.25) is 6.29 Å². The van der Waals surface area contributed by atoms with Crippen molar-refractivity contribution in [3.8, 4) is 0 Å². The van der Waals surface area contributed by atoms with Crippen molar-refractivity contribution in [3.05, 3.63) is 35.9 Å². The molecule has 1 saturated heterocycles. The van der Waals surface area contributed by atoms with Gasteiger partial charge in [-0.25, -0.2) is 0 Å². The van der Waals surface area contributed by atoms with E-state index in [1.807, 2.05) is 37.3 Å². The molecule has 1 aromatic rings. The third-order valence-corrected chi connectivity index (χ3v) is 3.03. The van der Waals surface area contributed by atoms with Gasteiger partial charge in [-0.15, -0.1) is 0 Å². The minimum Gasteiger partial charge on any atom is -1.00 e. The summed E-state index contributed by atoms with van der Waals surface area (Å²) in [6.45, 7) is 4.08. The summed E-state index contributed by atoms with van der Waals surface area (Å²) in [7, 11) is 0. The third kappa shape index (κ3) is 4.23. The second-order valence-electron chi connectivity index (χ2n) is 4.36. The molecule has 0 amide bonds. The Balaban J connectivity index is 0.00000162. The van der Waals surface area contributed by atoms with E-state index in [9.17, 15) is 5.11 Å². The van der Waals surface area contributed by atoms with E-state index in [1.165, 1.54) is 0 Å². The first-order valence-electron chi connectivity index (χ1n) is 6.07. The van der Waals surface area contributed by atoms with Crippen LogP contribution in [0.2, 0.25) is 0 Å². The van der Waals surface area contributed by atoms with E-state index >= 15 is 0 Å². The molecule has 3 N–H and O–H groups in total. The fourth-order valence-corrected chi connectivity index (χ4v) is 1.95. The van der Waals surface area contributed by atoms with Gasteiger partial charge in [0, 0.05) is 0 Å². The first kappa shape index (κ1) is 15.4. The van der Waals surface area contributed by atoms with Gasteiger partial charge in [0.1, 0.15) is 18.7 Å². The Morgan fingerprint density at radius 2 is 1.89 bits per heavy atom. The van der Waals surface area contributed by atoms with Crippen molar-refractivity contribution in [3.63, 3.8) is 0 Å². The summed E-state index contributed by atoms with van der Waals surface area (Å²) in [4.78, 5) is 0. The monoisotopic (exact) mass is 273 g/mol. The number of hydrogen-bond acceptors (Lipinski definition) is 3. The van der Waals surface area contributed by atoms with Crippen molar-refractivity contribution in [2.45, 2.75) is 25.4 Å².